The Morgan fingerprint density at radius 2 is 2.19 bits per heavy atom. The highest BCUT2D eigenvalue weighted by atomic mass is 79.9. The molecule has 0 fully saturated rings. The Morgan fingerprint density at radius 3 is 2.86 bits per heavy atom. The molecule has 3 N–H and O–H groups in total. The average Bonchev–Trinajstić information content (AvgIpc) is 2.85. The molecule has 1 aromatic heterocycles. The number of amides is 1. The van der Waals surface area contributed by atoms with Crippen molar-refractivity contribution in [1.82, 2.24) is 9.78 Å². The van der Waals surface area contributed by atoms with E-state index in [1.807, 2.05) is 38.1 Å². The van der Waals surface area contributed by atoms with E-state index in [1.165, 1.54) is 0 Å². The van der Waals surface area contributed by atoms with Gasteiger partial charge >= 0.3 is 0 Å². The molecule has 6 heteroatoms. The lowest BCUT2D eigenvalue weighted by Gasteiger charge is -2.16. The summed E-state index contributed by atoms with van der Waals surface area (Å²) in [5.41, 5.74) is 6.86. The number of hydrogen-bond donors (Lipinski definition) is 2. The van der Waals surface area contributed by atoms with Gasteiger partial charge in [0.05, 0.1) is 18.7 Å². The number of halogens is 1. The number of carbonyl (C=O) groups excluding carboxylic acids is 1. The summed E-state index contributed by atoms with van der Waals surface area (Å²) in [5, 5.41) is 7.13. The van der Waals surface area contributed by atoms with Crippen LogP contribution in [-0.2, 0) is 11.3 Å². The van der Waals surface area contributed by atoms with E-state index in [0.717, 1.165) is 10.0 Å². The maximum atomic E-state index is 12.1. The van der Waals surface area contributed by atoms with Crippen molar-refractivity contribution < 1.29 is 4.79 Å². The summed E-state index contributed by atoms with van der Waals surface area (Å²) in [5.74, 6) is 0.327. The lowest BCUT2D eigenvalue weighted by atomic mass is 10.0. The first-order valence-electron chi connectivity index (χ1n) is 6.80. The van der Waals surface area contributed by atoms with Crippen LogP contribution in [0.3, 0.4) is 0 Å². The van der Waals surface area contributed by atoms with Crippen molar-refractivity contribution in [3.05, 3.63) is 46.6 Å². The summed E-state index contributed by atoms with van der Waals surface area (Å²) in [6, 6.07) is 9.58. The molecule has 0 aliphatic carbocycles. The maximum Gasteiger partial charge on any atom is 0.229 e. The first-order chi connectivity index (χ1) is 9.97. The molecule has 0 saturated heterocycles. The third kappa shape index (κ3) is 4.15. The number of nitrogens with zero attached hydrogens (tertiary/aromatic N) is 2. The van der Waals surface area contributed by atoms with E-state index in [2.05, 4.69) is 26.3 Å². The second-order valence-electron chi connectivity index (χ2n) is 5.14. The van der Waals surface area contributed by atoms with Gasteiger partial charge in [0.25, 0.3) is 0 Å². The largest absolute Gasteiger partial charge is 0.327 e. The van der Waals surface area contributed by atoms with E-state index >= 15 is 0 Å². The molecule has 0 spiro atoms. The molecule has 0 radical (unpaired) electrons. The second kappa shape index (κ2) is 6.87. The van der Waals surface area contributed by atoms with Gasteiger partial charge in [-0.25, -0.2) is 4.68 Å². The van der Waals surface area contributed by atoms with Crippen LogP contribution in [0.25, 0.3) is 0 Å². The van der Waals surface area contributed by atoms with E-state index in [4.69, 9.17) is 5.73 Å². The standard InChI is InChI=1S/C15H19BrN4O/c1-10(11(2)17)15(21)19-14-6-7-18-20(14)9-12-4-3-5-13(16)8-12/h3-8,10-11H,9,17H2,1-2H3,(H,19,21). The van der Waals surface area contributed by atoms with Crippen LogP contribution < -0.4 is 11.1 Å². The highest BCUT2D eigenvalue weighted by Crippen LogP contribution is 2.15. The predicted molar refractivity (Wildman–Crippen MR) is 86.9 cm³/mol. The first-order valence-corrected chi connectivity index (χ1v) is 7.59. The van der Waals surface area contributed by atoms with E-state index in [1.54, 1.807) is 16.9 Å². The summed E-state index contributed by atoms with van der Waals surface area (Å²) in [6.07, 6.45) is 1.67. The van der Waals surface area contributed by atoms with Crippen LogP contribution in [0.4, 0.5) is 5.82 Å². The molecule has 1 heterocycles. The van der Waals surface area contributed by atoms with Gasteiger partial charge in [-0.3, -0.25) is 4.79 Å². The second-order valence-corrected chi connectivity index (χ2v) is 6.06. The van der Waals surface area contributed by atoms with Crippen LogP contribution in [0, 0.1) is 5.92 Å². The van der Waals surface area contributed by atoms with Crippen LogP contribution in [0.15, 0.2) is 41.0 Å². The molecular formula is C15H19BrN4O. The summed E-state index contributed by atoms with van der Waals surface area (Å²) in [7, 11) is 0. The number of aromatic nitrogens is 2. The van der Waals surface area contributed by atoms with Gasteiger partial charge in [-0.2, -0.15) is 5.10 Å². The first kappa shape index (κ1) is 15.7. The molecule has 2 atom stereocenters. The predicted octanol–water partition coefficient (Wildman–Crippen LogP) is 2.62. The number of benzene rings is 1. The zero-order chi connectivity index (χ0) is 15.4. The molecule has 0 aliphatic heterocycles. The number of rotatable bonds is 5. The Bertz CT molecular complexity index is 624. The van der Waals surface area contributed by atoms with Crippen molar-refractivity contribution in [2.75, 3.05) is 5.32 Å². The topological polar surface area (TPSA) is 72.9 Å². The molecule has 0 bridgehead atoms. The molecular weight excluding hydrogens is 332 g/mol. The number of hydrogen-bond acceptors (Lipinski definition) is 3. The van der Waals surface area contributed by atoms with E-state index < -0.39 is 0 Å². The number of carbonyl (C=O) groups is 1. The summed E-state index contributed by atoms with van der Waals surface area (Å²) in [6.45, 7) is 4.23. The van der Waals surface area contributed by atoms with Crippen LogP contribution in [0.2, 0.25) is 0 Å². The lowest BCUT2D eigenvalue weighted by molar-refractivity contribution is -0.119. The molecule has 2 rings (SSSR count). The fraction of sp³-hybridized carbons (Fsp3) is 0.333. The van der Waals surface area contributed by atoms with Crippen molar-refractivity contribution in [2.24, 2.45) is 11.7 Å². The molecule has 5 nitrogen and oxygen atoms in total. The number of nitrogens with two attached hydrogens (primary N) is 1. The highest BCUT2D eigenvalue weighted by Gasteiger charge is 2.18. The Hall–Kier alpha value is -1.66. The highest BCUT2D eigenvalue weighted by molar-refractivity contribution is 9.10. The van der Waals surface area contributed by atoms with Crippen LogP contribution >= 0.6 is 15.9 Å². The molecule has 1 aromatic carbocycles. The van der Waals surface area contributed by atoms with Crippen LogP contribution in [0.5, 0.6) is 0 Å². The number of nitrogens with one attached hydrogen (secondary N) is 1. The van der Waals surface area contributed by atoms with E-state index in [9.17, 15) is 4.79 Å². The fourth-order valence-corrected chi connectivity index (χ4v) is 2.30. The van der Waals surface area contributed by atoms with Crippen molar-refractivity contribution in [3.63, 3.8) is 0 Å². The third-order valence-electron chi connectivity index (χ3n) is 3.39. The number of anilines is 1. The van der Waals surface area contributed by atoms with Crippen molar-refractivity contribution in [1.29, 1.82) is 0 Å². The quantitative estimate of drug-likeness (QED) is 0.870. The Labute approximate surface area is 132 Å². The van der Waals surface area contributed by atoms with Gasteiger partial charge in [-0.15, -0.1) is 0 Å². The Kier molecular flexibility index (Phi) is 5.14. The van der Waals surface area contributed by atoms with E-state index in [0.29, 0.717) is 12.4 Å². The van der Waals surface area contributed by atoms with Crippen molar-refractivity contribution in [2.45, 2.75) is 26.4 Å². The molecule has 112 valence electrons. The average molecular weight is 351 g/mol. The normalized spacial score (nSPS) is 13.7. The van der Waals surface area contributed by atoms with Gasteiger partial charge < -0.3 is 11.1 Å². The van der Waals surface area contributed by atoms with E-state index in [-0.39, 0.29) is 17.9 Å². The third-order valence-corrected chi connectivity index (χ3v) is 3.88. The maximum absolute atomic E-state index is 12.1. The van der Waals surface area contributed by atoms with Gasteiger partial charge in [-0.1, -0.05) is 35.0 Å². The van der Waals surface area contributed by atoms with Crippen molar-refractivity contribution in [3.8, 4) is 0 Å². The minimum Gasteiger partial charge on any atom is -0.327 e. The Morgan fingerprint density at radius 1 is 1.43 bits per heavy atom. The minimum atomic E-state index is -0.251. The minimum absolute atomic E-state index is 0.0963. The van der Waals surface area contributed by atoms with Gasteiger partial charge in [0, 0.05) is 16.6 Å². The smallest absolute Gasteiger partial charge is 0.229 e. The Balaban J connectivity index is 2.10. The SMILES string of the molecule is CC(N)C(C)C(=O)Nc1ccnn1Cc1cccc(Br)c1. The van der Waals surface area contributed by atoms with Crippen LogP contribution in [-0.4, -0.2) is 21.7 Å². The summed E-state index contributed by atoms with van der Waals surface area (Å²) >= 11 is 3.45. The van der Waals surface area contributed by atoms with Crippen LogP contribution in [0.1, 0.15) is 19.4 Å². The lowest BCUT2D eigenvalue weighted by Crippen LogP contribution is -2.34. The van der Waals surface area contributed by atoms with Crippen molar-refractivity contribution >= 4 is 27.7 Å². The molecule has 2 aromatic rings. The summed E-state index contributed by atoms with van der Waals surface area (Å²) < 4.78 is 2.77. The zero-order valence-electron chi connectivity index (χ0n) is 12.1. The molecule has 0 saturated carbocycles. The van der Waals surface area contributed by atoms with Gasteiger partial charge in [-0.05, 0) is 24.6 Å². The monoisotopic (exact) mass is 350 g/mol. The molecule has 21 heavy (non-hydrogen) atoms. The zero-order valence-corrected chi connectivity index (χ0v) is 13.7. The molecule has 0 aliphatic rings. The molecule has 2 unspecified atom stereocenters. The van der Waals surface area contributed by atoms with Gasteiger partial charge in [0.1, 0.15) is 5.82 Å². The molecule has 1 amide bonds. The van der Waals surface area contributed by atoms with Gasteiger partial charge in [0.2, 0.25) is 5.91 Å². The van der Waals surface area contributed by atoms with Gasteiger partial charge in [0.15, 0.2) is 0 Å². The fourth-order valence-electron chi connectivity index (χ4n) is 1.85. The summed E-state index contributed by atoms with van der Waals surface area (Å²) in [4.78, 5) is 12.1.